The van der Waals surface area contributed by atoms with E-state index >= 15 is 0 Å². The van der Waals surface area contributed by atoms with Gasteiger partial charge < -0.3 is 0 Å². The van der Waals surface area contributed by atoms with Gasteiger partial charge in [0.05, 0.1) is 0 Å². The molecule has 0 aromatic rings. The summed E-state index contributed by atoms with van der Waals surface area (Å²) in [5.74, 6) is 7.39. The highest BCUT2D eigenvalue weighted by Gasteiger charge is 2.04. The first-order chi connectivity index (χ1) is 6.93. The van der Waals surface area contributed by atoms with Crippen molar-refractivity contribution in [3.63, 3.8) is 0 Å². The van der Waals surface area contributed by atoms with Gasteiger partial charge in [0, 0.05) is 12.3 Å². The molecule has 1 rings (SSSR count). The van der Waals surface area contributed by atoms with E-state index in [4.69, 9.17) is 0 Å². The van der Waals surface area contributed by atoms with Crippen molar-refractivity contribution in [1.29, 1.82) is 0 Å². The normalized spacial score (nSPS) is 20.2. The van der Waals surface area contributed by atoms with Gasteiger partial charge in [0.1, 0.15) is 0 Å². The zero-order valence-electron chi connectivity index (χ0n) is 9.39. The van der Waals surface area contributed by atoms with Crippen molar-refractivity contribution in [2.45, 2.75) is 58.3 Å². The zero-order chi connectivity index (χ0) is 10.1. The molecule has 0 nitrogen and oxygen atoms in total. The molecule has 78 valence electrons. The van der Waals surface area contributed by atoms with Gasteiger partial charge in [-0.1, -0.05) is 44.3 Å². The molecule has 0 saturated heterocycles. The second kappa shape index (κ2) is 7.68. The van der Waals surface area contributed by atoms with Crippen molar-refractivity contribution >= 4 is 0 Å². The highest BCUT2D eigenvalue weighted by atomic mass is 14.1. The summed E-state index contributed by atoms with van der Waals surface area (Å²) in [7, 11) is 0. The van der Waals surface area contributed by atoms with Crippen molar-refractivity contribution < 1.29 is 0 Å². The van der Waals surface area contributed by atoms with Gasteiger partial charge in [0.15, 0.2) is 0 Å². The van der Waals surface area contributed by atoms with E-state index in [1.165, 1.54) is 44.9 Å². The zero-order valence-corrected chi connectivity index (χ0v) is 9.39. The summed E-state index contributed by atoms with van der Waals surface area (Å²) in [6.07, 6.45) is 14.7. The fraction of sp³-hybridized carbons (Fsp3) is 0.714. The predicted octanol–water partition coefficient (Wildman–Crippen LogP) is 4.32. The molecule has 0 bridgehead atoms. The minimum absolute atomic E-state index is 0.658. The van der Waals surface area contributed by atoms with E-state index < -0.39 is 0 Å². The molecule has 0 amide bonds. The van der Waals surface area contributed by atoms with Gasteiger partial charge in [-0.3, -0.25) is 0 Å². The molecule has 1 aliphatic rings. The SMILES string of the molecule is CCCCCCC#CC1CC=CCC1. The quantitative estimate of drug-likeness (QED) is 0.352. The maximum atomic E-state index is 3.40. The highest BCUT2D eigenvalue weighted by Crippen LogP contribution is 2.16. The Bertz CT molecular complexity index is 214. The second-order valence-corrected chi connectivity index (χ2v) is 4.11. The Balaban J connectivity index is 2.04. The molecule has 0 aromatic heterocycles. The van der Waals surface area contributed by atoms with Crippen LogP contribution in [-0.4, -0.2) is 0 Å². The van der Waals surface area contributed by atoms with Crippen LogP contribution in [0.5, 0.6) is 0 Å². The summed E-state index contributed by atoms with van der Waals surface area (Å²) in [6, 6.07) is 0. The molecule has 0 heterocycles. The van der Waals surface area contributed by atoms with E-state index in [1.807, 2.05) is 0 Å². The maximum Gasteiger partial charge on any atom is 0.0240 e. The first-order valence-corrected chi connectivity index (χ1v) is 6.07. The molecule has 0 aliphatic heterocycles. The van der Waals surface area contributed by atoms with Crippen molar-refractivity contribution in [2.75, 3.05) is 0 Å². The van der Waals surface area contributed by atoms with E-state index in [-0.39, 0.29) is 0 Å². The van der Waals surface area contributed by atoms with E-state index in [0.29, 0.717) is 5.92 Å². The van der Waals surface area contributed by atoms with Crippen LogP contribution < -0.4 is 0 Å². The van der Waals surface area contributed by atoms with Gasteiger partial charge in [-0.15, -0.1) is 5.92 Å². The van der Waals surface area contributed by atoms with Crippen LogP contribution in [0.3, 0.4) is 0 Å². The Labute approximate surface area is 88.8 Å². The molecule has 0 spiro atoms. The third kappa shape index (κ3) is 5.12. The number of rotatable bonds is 4. The van der Waals surface area contributed by atoms with E-state index in [2.05, 4.69) is 30.9 Å². The van der Waals surface area contributed by atoms with Crippen LogP contribution in [0.4, 0.5) is 0 Å². The van der Waals surface area contributed by atoms with Crippen LogP contribution in [0.25, 0.3) is 0 Å². The Morgan fingerprint density at radius 1 is 1.21 bits per heavy atom. The fourth-order valence-electron chi connectivity index (χ4n) is 1.78. The monoisotopic (exact) mass is 190 g/mol. The molecular formula is C14H22. The first-order valence-electron chi connectivity index (χ1n) is 6.07. The molecule has 0 fully saturated rings. The first kappa shape index (κ1) is 11.4. The lowest BCUT2D eigenvalue weighted by molar-refractivity contribution is 0.601. The smallest absolute Gasteiger partial charge is 0.0240 e. The summed E-state index contributed by atoms with van der Waals surface area (Å²) >= 11 is 0. The summed E-state index contributed by atoms with van der Waals surface area (Å²) in [5, 5.41) is 0. The third-order valence-corrected chi connectivity index (χ3v) is 2.73. The Hall–Kier alpha value is -0.700. The van der Waals surface area contributed by atoms with Crippen molar-refractivity contribution in [2.24, 2.45) is 5.92 Å². The Morgan fingerprint density at radius 2 is 2.14 bits per heavy atom. The molecule has 0 radical (unpaired) electrons. The van der Waals surface area contributed by atoms with E-state index in [1.54, 1.807) is 0 Å². The molecule has 0 aromatic carbocycles. The minimum atomic E-state index is 0.658. The van der Waals surface area contributed by atoms with Crippen LogP contribution in [0, 0.1) is 17.8 Å². The average molecular weight is 190 g/mol. The van der Waals surface area contributed by atoms with E-state index in [0.717, 1.165) is 6.42 Å². The molecule has 1 atom stereocenters. The standard InChI is InChI=1S/C14H22/c1-2-3-4-5-6-8-11-14-12-9-7-10-13-14/h7,9,14H,2-6,10,12-13H2,1H3. The van der Waals surface area contributed by atoms with Crippen LogP contribution in [0.2, 0.25) is 0 Å². The van der Waals surface area contributed by atoms with Crippen molar-refractivity contribution in [3.05, 3.63) is 12.2 Å². The van der Waals surface area contributed by atoms with Crippen molar-refractivity contribution in [1.82, 2.24) is 0 Å². The summed E-state index contributed by atoms with van der Waals surface area (Å²) < 4.78 is 0. The third-order valence-electron chi connectivity index (χ3n) is 2.73. The topological polar surface area (TPSA) is 0 Å². The fourth-order valence-corrected chi connectivity index (χ4v) is 1.78. The molecule has 1 aliphatic carbocycles. The number of hydrogen-bond donors (Lipinski definition) is 0. The lowest BCUT2D eigenvalue weighted by atomic mass is 9.95. The summed E-state index contributed by atoms with van der Waals surface area (Å²) in [6.45, 7) is 2.25. The number of allylic oxidation sites excluding steroid dienone is 2. The molecule has 0 heteroatoms. The average Bonchev–Trinajstić information content (AvgIpc) is 2.25. The number of unbranched alkanes of at least 4 members (excludes halogenated alkanes) is 4. The van der Waals surface area contributed by atoms with Gasteiger partial charge in [-0.2, -0.15) is 0 Å². The number of hydrogen-bond acceptors (Lipinski definition) is 0. The minimum Gasteiger partial charge on any atom is -0.103 e. The van der Waals surface area contributed by atoms with Crippen molar-refractivity contribution in [3.8, 4) is 11.8 Å². The predicted molar refractivity (Wildman–Crippen MR) is 63.0 cm³/mol. The molecule has 0 N–H and O–H groups in total. The van der Waals surface area contributed by atoms with Crippen LogP contribution in [-0.2, 0) is 0 Å². The highest BCUT2D eigenvalue weighted by molar-refractivity contribution is 5.08. The lowest BCUT2D eigenvalue weighted by Crippen LogP contribution is -1.98. The van der Waals surface area contributed by atoms with Gasteiger partial charge in [-0.05, 0) is 25.7 Å². The van der Waals surface area contributed by atoms with Gasteiger partial charge >= 0.3 is 0 Å². The maximum absolute atomic E-state index is 3.40. The van der Waals surface area contributed by atoms with Gasteiger partial charge in [0.2, 0.25) is 0 Å². The molecule has 14 heavy (non-hydrogen) atoms. The van der Waals surface area contributed by atoms with Crippen LogP contribution in [0.1, 0.15) is 58.3 Å². The molecule has 0 saturated carbocycles. The van der Waals surface area contributed by atoms with Crippen LogP contribution >= 0.6 is 0 Å². The largest absolute Gasteiger partial charge is 0.103 e. The van der Waals surface area contributed by atoms with Gasteiger partial charge in [-0.25, -0.2) is 0 Å². The van der Waals surface area contributed by atoms with Gasteiger partial charge in [0.25, 0.3) is 0 Å². The lowest BCUT2D eigenvalue weighted by Gasteiger charge is -2.09. The van der Waals surface area contributed by atoms with E-state index in [9.17, 15) is 0 Å². The summed E-state index contributed by atoms with van der Waals surface area (Å²) in [5.41, 5.74) is 0. The Morgan fingerprint density at radius 3 is 2.86 bits per heavy atom. The second-order valence-electron chi connectivity index (χ2n) is 4.11. The molecular weight excluding hydrogens is 168 g/mol. The Kier molecular flexibility index (Phi) is 6.24. The summed E-state index contributed by atoms with van der Waals surface area (Å²) in [4.78, 5) is 0. The molecule has 1 unspecified atom stereocenters. The van der Waals surface area contributed by atoms with Crippen LogP contribution in [0.15, 0.2) is 12.2 Å².